The second-order valence-electron chi connectivity index (χ2n) is 9.94. The van der Waals surface area contributed by atoms with E-state index < -0.39 is 17.7 Å². The van der Waals surface area contributed by atoms with Crippen LogP contribution in [0.5, 0.6) is 5.75 Å². The first kappa shape index (κ1) is 28.4. The number of aryl methyl sites for hydroxylation is 2. The van der Waals surface area contributed by atoms with Crippen LogP contribution in [-0.2, 0) is 15.3 Å². The number of aliphatic hydroxyl groups is 1. The van der Waals surface area contributed by atoms with Gasteiger partial charge in [0.1, 0.15) is 23.7 Å². The van der Waals surface area contributed by atoms with Gasteiger partial charge in [-0.3, -0.25) is 18.9 Å². The molecule has 11 heteroatoms. The number of anilines is 1. The quantitative estimate of drug-likeness (QED) is 0.0519. The zero-order valence-corrected chi connectivity index (χ0v) is 25.1. The Morgan fingerprint density at radius 3 is 2.70 bits per heavy atom. The number of pyridine rings is 1. The Morgan fingerprint density at radius 2 is 1.91 bits per heavy atom. The summed E-state index contributed by atoms with van der Waals surface area (Å²) in [5, 5.41) is 20.6. The number of aliphatic hydroxyl groups excluding tert-OH is 1. The molecule has 1 N–H and O–H groups in total. The Bertz CT molecular complexity index is 1890. The molecule has 216 valence electrons. The molecule has 0 radical (unpaired) electrons. The van der Waals surface area contributed by atoms with Gasteiger partial charge in [-0.25, -0.2) is 4.98 Å². The molecule has 1 saturated heterocycles. The number of hydrogen-bond donors (Lipinski definition) is 1. The van der Waals surface area contributed by atoms with E-state index in [0.717, 1.165) is 5.56 Å². The third kappa shape index (κ3) is 5.44. The highest BCUT2D eigenvalue weighted by Gasteiger charge is 2.49. The first-order valence-electron chi connectivity index (χ1n) is 13.5. The summed E-state index contributed by atoms with van der Waals surface area (Å²) in [6, 6.07) is 19.8. The van der Waals surface area contributed by atoms with E-state index >= 15 is 0 Å². The smallest absolute Gasteiger partial charge is 0.301 e. The fourth-order valence-electron chi connectivity index (χ4n) is 4.99. The number of amides is 1. The first-order chi connectivity index (χ1) is 20.9. The number of hydrogen-bond acceptors (Lipinski definition) is 9. The zero-order valence-electron chi connectivity index (χ0n) is 23.4. The van der Waals surface area contributed by atoms with E-state index in [2.05, 4.69) is 46.0 Å². The van der Waals surface area contributed by atoms with Crippen LogP contribution in [0.2, 0.25) is 0 Å². The lowest BCUT2D eigenvalue weighted by atomic mass is 9.96. The van der Waals surface area contributed by atoms with Crippen LogP contribution < -0.4 is 9.64 Å². The molecule has 0 saturated carbocycles. The highest BCUT2D eigenvalue weighted by molar-refractivity contribution is 8.00. The van der Waals surface area contributed by atoms with Crippen molar-refractivity contribution in [2.75, 3.05) is 11.5 Å². The van der Waals surface area contributed by atoms with Gasteiger partial charge in [-0.05, 0) is 49.2 Å². The Kier molecular flexibility index (Phi) is 7.83. The van der Waals surface area contributed by atoms with Gasteiger partial charge in [0.15, 0.2) is 10.1 Å². The molecule has 1 unspecified atom stereocenters. The van der Waals surface area contributed by atoms with Gasteiger partial charge in [-0.1, -0.05) is 83.8 Å². The van der Waals surface area contributed by atoms with Crippen LogP contribution in [0.1, 0.15) is 34.1 Å². The van der Waals surface area contributed by atoms with Crippen LogP contribution in [0.3, 0.4) is 0 Å². The van der Waals surface area contributed by atoms with E-state index in [1.54, 1.807) is 60.0 Å². The molecule has 1 aliphatic heterocycles. The molecule has 4 heterocycles. The molecule has 1 fully saturated rings. The molecular formula is C32H27N5O4S2. The van der Waals surface area contributed by atoms with Gasteiger partial charge < -0.3 is 9.84 Å². The van der Waals surface area contributed by atoms with Crippen molar-refractivity contribution in [2.45, 2.75) is 30.0 Å². The van der Waals surface area contributed by atoms with Gasteiger partial charge in [0.05, 0.1) is 17.3 Å². The number of imidazole rings is 1. The summed E-state index contributed by atoms with van der Waals surface area (Å²) in [4.78, 5) is 33.3. The summed E-state index contributed by atoms with van der Waals surface area (Å²) in [7, 11) is 0. The Labute approximate surface area is 256 Å². The number of thioether (sulfide) groups is 1. The maximum absolute atomic E-state index is 13.7. The minimum Gasteiger partial charge on any atom is -0.505 e. The lowest BCUT2D eigenvalue weighted by molar-refractivity contribution is -0.132. The van der Waals surface area contributed by atoms with Crippen molar-refractivity contribution in [1.29, 1.82) is 0 Å². The molecule has 0 spiro atoms. The molecular weight excluding hydrogens is 583 g/mol. The summed E-state index contributed by atoms with van der Waals surface area (Å²) in [6.07, 6.45) is 3.38. The number of nitrogens with zero attached hydrogens (tertiary/aromatic N) is 5. The van der Waals surface area contributed by atoms with Crippen LogP contribution >= 0.6 is 23.1 Å². The number of carbonyl (C=O) groups is 2. The molecule has 6 rings (SSSR count). The predicted octanol–water partition coefficient (Wildman–Crippen LogP) is 6.29. The van der Waals surface area contributed by atoms with E-state index in [1.165, 1.54) is 33.6 Å². The number of ether oxygens (including phenoxy) is 1. The van der Waals surface area contributed by atoms with E-state index in [1.807, 2.05) is 13.0 Å². The topological polar surface area (TPSA) is 110 Å². The fraction of sp³-hybridized carbons (Fsp3) is 0.156. The summed E-state index contributed by atoms with van der Waals surface area (Å²) < 4.78 is 8.10. The highest BCUT2D eigenvalue weighted by atomic mass is 32.2. The summed E-state index contributed by atoms with van der Waals surface area (Å²) >= 11 is 2.72. The van der Waals surface area contributed by atoms with Gasteiger partial charge in [0, 0.05) is 11.9 Å². The Hall–Kier alpha value is -4.74. The van der Waals surface area contributed by atoms with Crippen LogP contribution in [0.25, 0.3) is 11.4 Å². The number of carbonyl (C=O) groups excluding carboxylic acids is 2. The van der Waals surface area contributed by atoms with E-state index in [9.17, 15) is 14.7 Å². The molecule has 5 aromatic rings. The molecule has 43 heavy (non-hydrogen) atoms. The lowest BCUT2D eigenvalue weighted by Gasteiger charge is -2.23. The van der Waals surface area contributed by atoms with Crippen LogP contribution in [0.15, 0.2) is 95.5 Å². The summed E-state index contributed by atoms with van der Waals surface area (Å²) in [5.41, 5.74) is 4.27. The zero-order chi connectivity index (χ0) is 30.1. The third-order valence-electron chi connectivity index (χ3n) is 7.00. The number of fused-ring (bicyclic) bond motifs is 1. The van der Waals surface area contributed by atoms with Crippen molar-refractivity contribution in [3.8, 4) is 5.75 Å². The van der Waals surface area contributed by atoms with Crippen LogP contribution in [0, 0.1) is 13.8 Å². The van der Waals surface area contributed by atoms with Gasteiger partial charge in [0.2, 0.25) is 5.13 Å². The average molecular weight is 610 g/mol. The Morgan fingerprint density at radius 1 is 1.09 bits per heavy atom. The van der Waals surface area contributed by atoms with Crippen molar-refractivity contribution in [1.82, 2.24) is 19.6 Å². The third-order valence-corrected chi connectivity index (χ3v) is 9.13. The maximum Gasteiger partial charge on any atom is 0.301 e. The van der Waals surface area contributed by atoms with Crippen molar-refractivity contribution in [3.05, 3.63) is 119 Å². The molecule has 9 nitrogen and oxygen atoms in total. The van der Waals surface area contributed by atoms with Crippen LogP contribution in [0.4, 0.5) is 5.13 Å². The highest BCUT2D eigenvalue weighted by Crippen LogP contribution is 2.45. The monoisotopic (exact) mass is 609 g/mol. The van der Waals surface area contributed by atoms with E-state index in [-0.39, 0.29) is 23.1 Å². The second kappa shape index (κ2) is 11.9. The van der Waals surface area contributed by atoms with Gasteiger partial charge in [-0.15, -0.1) is 10.2 Å². The number of rotatable bonds is 9. The molecule has 2 aromatic carbocycles. The molecule has 0 bridgehead atoms. The predicted molar refractivity (Wildman–Crippen MR) is 167 cm³/mol. The maximum atomic E-state index is 13.7. The number of Topliss-reactive ketones (excluding diaryl/α,β-unsaturated/α-hetero) is 1. The SMILES string of the molecule is C=CCOc1cccc(C2/C(=C(\O)c3c(C)nc4ccccn34)C(=O)C(=O)N2c2nnc(SCc3ccc(C)cc3)s2)c1. The van der Waals surface area contributed by atoms with Gasteiger partial charge in [-0.2, -0.15) is 0 Å². The van der Waals surface area contributed by atoms with Crippen molar-refractivity contribution in [3.63, 3.8) is 0 Å². The fourth-order valence-corrected chi connectivity index (χ4v) is 6.81. The first-order valence-corrected chi connectivity index (χ1v) is 15.3. The molecule has 1 aliphatic rings. The normalized spacial score (nSPS) is 16.2. The van der Waals surface area contributed by atoms with Crippen molar-refractivity contribution < 1.29 is 19.4 Å². The number of aromatic nitrogens is 4. The standard InChI is InChI=1S/C32H27N5O4S2/c1-4-16-41-23-9-7-8-22(17-23)27-25(28(38)26-20(3)33-24-10-5-6-15-36(24)26)29(39)30(40)37(27)31-34-35-32(43-31)42-18-21-13-11-19(2)12-14-21/h4-15,17,27,38H,1,16,18H2,2-3H3/b28-25+. The largest absolute Gasteiger partial charge is 0.505 e. The number of ketones is 1. The average Bonchev–Trinajstić information content (AvgIpc) is 3.69. The minimum absolute atomic E-state index is 0.0660. The molecule has 3 aromatic heterocycles. The van der Waals surface area contributed by atoms with E-state index in [0.29, 0.717) is 38.4 Å². The van der Waals surface area contributed by atoms with Gasteiger partial charge in [0.25, 0.3) is 5.78 Å². The minimum atomic E-state index is -0.983. The van der Waals surface area contributed by atoms with E-state index in [4.69, 9.17) is 4.74 Å². The Balaban J connectivity index is 1.44. The van der Waals surface area contributed by atoms with Gasteiger partial charge >= 0.3 is 5.91 Å². The van der Waals surface area contributed by atoms with Crippen molar-refractivity contribution >= 4 is 51.3 Å². The lowest BCUT2D eigenvalue weighted by Crippen LogP contribution is -2.29. The van der Waals surface area contributed by atoms with Crippen LogP contribution in [-0.4, -0.2) is 43.0 Å². The second-order valence-corrected chi connectivity index (χ2v) is 12.1. The molecule has 1 atom stereocenters. The molecule has 0 aliphatic carbocycles. The van der Waals surface area contributed by atoms with Crippen molar-refractivity contribution in [2.24, 2.45) is 0 Å². The number of benzene rings is 2. The molecule has 1 amide bonds. The summed E-state index contributed by atoms with van der Waals surface area (Å²) in [5.74, 6) is -0.748. The summed E-state index contributed by atoms with van der Waals surface area (Å²) in [6.45, 7) is 7.77.